The molecule has 2 fully saturated rings. The van der Waals surface area contributed by atoms with E-state index in [-0.39, 0.29) is 5.60 Å². The second-order valence-electron chi connectivity index (χ2n) is 6.12. The van der Waals surface area contributed by atoms with Crippen LogP contribution in [0.1, 0.15) is 44.8 Å². The monoisotopic (exact) mass is 283 g/mol. The number of ether oxygens (including phenoxy) is 1. The molecule has 1 N–H and O–H groups in total. The number of thioether (sulfide) groups is 1. The molecule has 0 bridgehead atoms. The Bertz CT molecular complexity index is 449. The predicted octanol–water partition coefficient (Wildman–Crippen LogP) is 1.73. The van der Waals surface area contributed by atoms with Gasteiger partial charge in [-0.3, -0.25) is 0 Å². The molecule has 3 rings (SSSR count). The van der Waals surface area contributed by atoms with Gasteiger partial charge in [-0.1, -0.05) is 5.21 Å². The number of aromatic nitrogens is 3. The Balaban J connectivity index is 1.76. The smallest absolute Gasteiger partial charge is 0.114 e. The van der Waals surface area contributed by atoms with Crippen molar-refractivity contribution < 1.29 is 9.84 Å². The summed E-state index contributed by atoms with van der Waals surface area (Å²) in [7, 11) is 0. The highest BCUT2D eigenvalue weighted by molar-refractivity contribution is 7.99. The van der Waals surface area contributed by atoms with Gasteiger partial charge in [0.1, 0.15) is 11.3 Å². The summed E-state index contributed by atoms with van der Waals surface area (Å²) in [5.41, 5.74) is -0.243. The lowest BCUT2D eigenvalue weighted by atomic mass is 9.90. The molecule has 1 aromatic rings. The Labute approximate surface area is 117 Å². The van der Waals surface area contributed by atoms with Gasteiger partial charge in [0.05, 0.1) is 17.8 Å². The van der Waals surface area contributed by atoms with Crippen molar-refractivity contribution in [1.82, 2.24) is 15.0 Å². The van der Waals surface area contributed by atoms with Crippen LogP contribution in [0, 0.1) is 0 Å². The van der Waals surface area contributed by atoms with E-state index in [4.69, 9.17) is 4.74 Å². The fourth-order valence-corrected chi connectivity index (χ4v) is 4.20. The molecule has 1 aromatic heterocycles. The first-order valence-corrected chi connectivity index (χ1v) is 8.00. The molecule has 5 nitrogen and oxygen atoms in total. The fourth-order valence-electron chi connectivity index (χ4n) is 2.83. The maximum Gasteiger partial charge on any atom is 0.114 e. The largest absolute Gasteiger partial charge is 0.384 e. The van der Waals surface area contributed by atoms with Crippen molar-refractivity contribution in [3.63, 3.8) is 0 Å². The van der Waals surface area contributed by atoms with Crippen LogP contribution < -0.4 is 0 Å². The average molecular weight is 283 g/mol. The maximum atomic E-state index is 9.96. The van der Waals surface area contributed by atoms with Gasteiger partial charge in [0.15, 0.2) is 0 Å². The summed E-state index contributed by atoms with van der Waals surface area (Å²) < 4.78 is 7.94. The zero-order valence-electron chi connectivity index (χ0n) is 11.5. The van der Waals surface area contributed by atoms with Crippen molar-refractivity contribution in [1.29, 1.82) is 0 Å². The minimum Gasteiger partial charge on any atom is -0.384 e. The number of rotatable bonds is 2. The first-order valence-electron chi connectivity index (χ1n) is 6.85. The molecule has 2 saturated heterocycles. The molecule has 0 saturated carbocycles. The molecule has 2 atom stereocenters. The van der Waals surface area contributed by atoms with Gasteiger partial charge in [0.25, 0.3) is 0 Å². The Morgan fingerprint density at radius 3 is 3.05 bits per heavy atom. The van der Waals surface area contributed by atoms with Crippen molar-refractivity contribution in [2.45, 2.75) is 50.4 Å². The predicted molar refractivity (Wildman–Crippen MR) is 74.2 cm³/mol. The van der Waals surface area contributed by atoms with Crippen molar-refractivity contribution in [2.24, 2.45) is 0 Å². The highest BCUT2D eigenvalue weighted by Crippen LogP contribution is 2.41. The van der Waals surface area contributed by atoms with Crippen LogP contribution in [0.25, 0.3) is 0 Å². The van der Waals surface area contributed by atoms with E-state index >= 15 is 0 Å². The summed E-state index contributed by atoms with van der Waals surface area (Å²) in [5, 5.41) is 18.3. The topological polar surface area (TPSA) is 60.2 Å². The Hall–Kier alpha value is -0.590. The van der Waals surface area contributed by atoms with Crippen LogP contribution in [0.3, 0.4) is 0 Å². The molecular weight excluding hydrogens is 262 g/mol. The van der Waals surface area contributed by atoms with Gasteiger partial charge in [-0.05, 0) is 38.9 Å². The van der Waals surface area contributed by atoms with Gasteiger partial charge in [0.2, 0.25) is 0 Å². The van der Waals surface area contributed by atoms with Gasteiger partial charge >= 0.3 is 0 Å². The van der Waals surface area contributed by atoms with E-state index in [1.165, 1.54) is 5.75 Å². The lowest BCUT2D eigenvalue weighted by molar-refractivity contribution is -0.0780. The van der Waals surface area contributed by atoms with Crippen molar-refractivity contribution >= 4 is 11.8 Å². The molecule has 0 aliphatic carbocycles. The molecule has 0 amide bonds. The molecule has 2 aliphatic heterocycles. The quantitative estimate of drug-likeness (QED) is 0.895. The summed E-state index contributed by atoms with van der Waals surface area (Å²) in [4.78, 5) is 0. The molecule has 0 radical (unpaired) electrons. The van der Waals surface area contributed by atoms with Crippen LogP contribution in [0.15, 0.2) is 6.20 Å². The fraction of sp³-hybridized carbons (Fsp3) is 0.846. The molecule has 106 valence electrons. The van der Waals surface area contributed by atoms with Crippen molar-refractivity contribution in [3.05, 3.63) is 11.9 Å². The highest BCUT2D eigenvalue weighted by atomic mass is 32.2. The molecule has 19 heavy (non-hydrogen) atoms. The first kappa shape index (κ1) is 13.4. The van der Waals surface area contributed by atoms with Crippen molar-refractivity contribution in [2.75, 3.05) is 18.1 Å². The van der Waals surface area contributed by atoms with Gasteiger partial charge in [-0.25, -0.2) is 4.68 Å². The average Bonchev–Trinajstić information content (AvgIpc) is 2.98. The Morgan fingerprint density at radius 1 is 1.58 bits per heavy atom. The lowest BCUT2D eigenvalue weighted by Crippen LogP contribution is -2.40. The molecule has 1 spiro atoms. The second kappa shape index (κ2) is 4.75. The molecular formula is C13H21N3O2S. The molecule has 0 aromatic carbocycles. The summed E-state index contributed by atoms with van der Waals surface area (Å²) in [5.74, 6) is 2.29. The van der Waals surface area contributed by atoms with Crippen LogP contribution in [0.4, 0.5) is 0 Å². The zero-order valence-corrected chi connectivity index (χ0v) is 12.3. The highest BCUT2D eigenvalue weighted by Gasteiger charge is 2.41. The van der Waals surface area contributed by atoms with Crippen LogP contribution in [0.2, 0.25) is 0 Å². The van der Waals surface area contributed by atoms with E-state index in [9.17, 15) is 5.11 Å². The molecule has 2 unspecified atom stereocenters. The maximum absolute atomic E-state index is 9.96. The summed E-state index contributed by atoms with van der Waals surface area (Å²) in [6.45, 7) is 4.27. The number of nitrogens with zero attached hydrogens (tertiary/aromatic N) is 3. The van der Waals surface area contributed by atoms with E-state index in [2.05, 4.69) is 10.3 Å². The normalized spacial score (nSPS) is 32.1. The molecule has 2 aliphatic rings. The van der Waals surface area contributed by atoms with Crippen LogP contribution in [0.5, 0.6) is 0 Å². The minimum absolute atomic E-state index is 0.0500. The number of hydrogen-bond donors (Lipinski definition) is 1. The third-order valence-corrected chi connectivity index (χ3v) is 5.27. The Kier molecular flexibility index (Phi) is 3.35. The SMILES string of the molecule is CC(C)(O)c1cn(C2CCOC3(CCSC3)C2)nn1. The van der Waals surface area contributed by atoms with E-state index < -0.39 is 5.60 Å². The number of hydrogen-bond acceptors (Lipinski definition) is 5. The zero-order chi connectivity index (χ0) is 13.5. The molecule has 6 heteroatoms. The third-order valence-electron chi connectivity index (χ3n) is 4.05. The van der Waals surface area contributed by atoms with Crippen LogP contribution in [-0.4, -0.2) is 43.8 Å². The van der Waals surface area contributed by atoms with E-state index in [0.717, 1.165) is 31.6 Å². The minimum atomic E-state index is -0.926. The first-order chi connectivity index (χ1) is 8.99. The lowest BCUT2D eigenvalue weighted by Gasteiger charge is -2.37. The number of aliphatic hydroxyl groups is 1. The summed E-state index contributed by atoms with van der Waals surface area (Å²) in [6, 6.07) is 0.344. The second-order valence-corrected chi connectivity index (χ2v) is 7.23. The van der Waals surface area contributed by atoms with Crippen LogP contribution >= 0.6 is 11.8 Å². The third kappa shape index (κ3) is 2.66. The van der Waals surface area contributed by atoms with Gasteiger partial charge in [-0.2, -0.15) is 11.8 Å². The summed E-state index contributed by atoms with van der Waals surface area (Å²) in [6.07, 6.45) is 5.00. The van der Waals surface area contributed by atoms with E-state index in [0.29, 0.717) is 11.7 Å². The summed E-state index contributed by atoms with van der Waals surface area (Å²) >= 11 is 1.98. The van der Waals surface area contributed by atoms with Crippen molar-refractivity contribution in [3.8, 4) is 0 Å². The van der Waals surface area contributed by atoms with Gasteiger partial charge in [-0.15, -0.1) is 5.10 Å². The van der Waals surface area contributed by atoms with Crippen LogP contribution in [-0.2, 0) is 10.3 Å². The van der Waals surface area contributed by atoms with Gasteiger partial charge < -0.3 is 9.84 Å². The molecule has 3 heterocycles. The standard InChI is InChI=1S/C13H21N3O2S/c1-12(2,17)11-8-16(15-14-11)10-3-5-18-13(7-10)4-6-19-9-13/h8,10,17H,3-7,9H2,1-2H3. The Morgan fingerprint density at radius 2 is 2.42 bits per heavy atom. The van der Waals surface area contributed by atoms with Gasteiger partial charge in [0, 0.05) is 12.4 Å². The van der Waals surface area contributed by atoms with E-state index in [1.54, 1.807) is 13.8 Å². The van der Waals surface area contributed by atoms with E-state index in [1.807, 2.05) is 22.6 Å².